The first-order valence-electron chi connectivity index (χ1n) is 24.4. The van der Waals surface area contributed by atoms with Crippen LogP contribution in [-0.4, -0.2) is 98.9 Å². The minimum atomic E-state index is -5.01. The summed E-state index contributed by atoms with van der Waals surface area (Å²) in [5, 5.41) is 50.2. The summed E-state index contributed by atoms with van der Waals surface area (Å²) in [5.41, 5.74) is 0. The van der Waals surface area contributed by atoms with E-state index in [1.807, 2.05) is 0 Å². The fourth-order valence-electron chi connectivity index (χ4n) is 7.83. The number of hydrogen-bond donors (Lipinski definition) is 6. The van der Waals surface area contributed by atoms with Crippen LogP contribution in [0.5, 0.6) is 0 Å². The van der Waals surface area contributed by atoms with E-state index in [-0.39, 0.29) is 13.0 Å². The lowest BCUT2D eigenvalue weighted by Gasteiger charge is -2.41. The van der Waals surface area contributed by atoms with Crippen molar-refractivity contribution in [3.63, 3.8) is 0 Å². The maximum absolute atomic E-state index is 12.8. The van der Waals surface area contributed by atoms with Crippen molar-refractivity contribution in [2.75, 3.05) is 19.8 Å². The average Bonchev–Trinajstić information content (AvgIpc) is 3.22. The lowest BCUT2D eigenvalue weighted by molar-refractivity contribution is -0.220. The Kier molecular flexibility index (Phi) is 36.2. The van der Waals surface area contributed by atoms with Crippen molar-refractivity contribution in [3.05, 3.63) is 0 Å². The lowest BCUT2D eigenvalue weighted by atomic mass is 9.85. The first kappa shape index (κ1) is 56.4. The van der Waals surface area contributed by atoms with Crippen LogP contribution in [0.4, 0.5) is 0 Å². The van der Waals surface area contributed by atoms with Gasteiger partial charge in [-0.1, -0.05) is 206 Å². The summed E-state index contributed by atoms with van der Waals surface area (Å²) in [6.45, 7) is 4.30. The first-order valence-corrected chi connectivity index (χ1v) is 25.9. The standard InChI is InChI=1S/C46H91O12P/c1-3-5-7-9-11-13-15-17-19-20-21-22-23-25-27-29-31-33-35-40(47)57-39(37-55-36-34-32-30-28-26-24-18-16-14-12-10-8-6-4-2)38-56-59(53,54)58-46-44(51)42(49)41(48)43(50)45(46)52/h39,41-46,48-52H,3-38H2,1-2H3,(H,53,54). The van der Waals surface area contributed by atoms with E-state index in [1.165, 1.54) is 161 Å². The fourth-order valence-corrected chi connectivity index (χ4v) is 8.80. The Balaban J connectivity index is 2.35. The molecule has 1 saturated carbocycles. The van der Waals surface area contributed by atoms with Crippen LogP contribution in [0.3, 0.4) is 0 Å². The highest BCUT2D eigenvalue weighted by molar-refractivity contribution is 7.47. The number of carbonyl (C=O) groups is 1. The van der Waals surface area contributed by atoms with Crippen molar-refractivity contribution >= 4 is 13.8 Å². The number of hydrogen-bond acceptors (Lipinski definition) is 11. The third-order valence-corrected chi connectivity index (χ3v) is 12.7. The number of carbonyl (C=O) groups excluding carboxylic acids is 1. The van der Waals surface area contributed by atoms with Crippen molar-refractivity contribution in [1.82, 2.24) is 0 Å². The number of aliphatic hydroxyl groups is 5. The zero-order valence-corrected chi connectivity index (χ0v) is 38.5. The van der Waals surface area contributed by atoms with Gasteiger partial charge in [-0.3, -0.25) is 13.8 Å². The van der Waals surface area contributed by atoms with E-state index in [4.69, 9.17) is 18.5 Å². The normalized spacial score (nSPS) is 22.4. The van der Waals surface area contributed by atoms with Gasteiger partial charge < -0.3 is 39.9 Å². The minimum absolute atomic E-state index is 0.0678. The average molecular weight is 867 g/mol. The molecule has 6 N–H and O–H groups in total. The molecular formula is C46H91O12P. The predicted octanol–water partition coefficient (Wildman–Crippen LogP) is 10.1. The monoisotopic (exact) mass is 867 g/mol. The molecule has 0 heterocycles. The zero-order chi connectivity index (χ0) is 43.4. The summed E-state index contributed by atoms with van der Waals surface area (Å²) >= 11 is 0. The molecule has 1 fully saturated rings. The van der Waals surface area contributed by atoms with Gasteiger partial charge in [0.2, 0.25) is 0 Å². The Labute approximate surface area is 359 Å². The highest BCUT2D eigenvalue weighted by Gasteiger charge is 2.51. The van der Waals surface area contributed by atoms with Crippen molar-refractivity contribution in [1.29, 1.82) is 0 Å². The van der Waals surface area contributed by atoms with Crippen LogP contribution in [-0.2, 0) is 27.9 Å². The number of rotatable bonds is 42. The van der Waals surface area contributed by atoms with Crippen LogP contribution < -0.4 is 0 Å². The van der Waals surface area contributed by atoms with Gasteiger partial charge in [-0.2, -0.15) is 0 Å². The van der Waals surface area contributed by atoms with E-state index in [0.717, 1.165) is 38.5 Å². The molecule has 1 aliphatic carbocycles. The van der Waals surface area contributed by atoms with Gasteiger partial charge in [0.15, 0.2) is 0 Å². The second-order valence-corrected chi connectivity index (χ2v) is 18.7. The van der Waals surface area contributed by atoms with Gasteiger partial charge in [-0.25, -0.2) is 4.57 Å². The van der Waals surface area contributed by atoms with Crippen LogP contribution in [0.15, 0.2) is 0 Å². The van der Waals surface area contributed by atoms with Gasteiger partial charge in [0.05, 0.1) is 13.2 Å². The second-order valence-electron chi connectivity index (χ2n) is 17.3. The molecular weight excluding hydrogens is 775 g/mol. The fraction of sp³-hybridized carbons (Fsp3) is 0.978. The quantitative estimate of drug-likeness (QED) is 0.0194. The Morgan fingerprint density at radius 1 is 0.475 bits per heavy atom. The summed E-state index contributed by atoms with van der Waals surface area (Å²) in [6, 6.07) is 0. The molecule has 6 atom stereocenters. The number of phosphoric ester groups is 1. The molecule has 13 heteroatoms. The number of ether oxygens (including phenoxy) is 2. The molecule has 0 aliphatic heterocycles. The molecule has 59 heavy (non-hydrogen) atoms. The van der Waals surface area contributed by atoms with E-state index >= 15 is 0 Å². The van der Waals surface area contributed by atoms with Crippen LogP contribution >= 0.6 is 7.82 Å². The van der Waals surface area contributed by atoms with Crippen molar-refractivity contribution in [3.8, 4) is 0 Å². The molecule has 1 aliphatic rings. The van der Waals surface area contributed by atoms with E-state index in [0.29, 0.717) is 13.0 Å². The molecule has 0 aromatic carbocycles. The Morgan fingerprint density at radius 3 is 1.17 bits per heavy atom. The summed E-state index contributed by atoms with van der Waals surface area (Å²) in [7, 11) is -5.01. The molecule has 6 unspecified atom stereocenters. The molecule has 0 spiro atoms. The van der Waals surface area contributed by atoms with Crippen LogP contribution in [0.25, 0.3) is 0 Å². The summed E-state index contributed by atoms with van der Waals surface area (Å²) in [4.78, 5) is 23.2. The largest absolute Gasteiger partial charge is 0.472 e. The zero-order valence-electron chi connectivity index (χ0n) is 37.6. The third kappa shape index (κ3) is 30.1. The van der Waals surface area contributed by atoms with Crippen LogP contribution in [0, 0.1) is 0 Å². The van der Waals surface area contributed by atoms with Crippen molar-refractivity contribution in [2.45, 2.75) is 268 Å². The molecule has 1 rings (SSSR count). The lowest BCUT2D eigenvalue weighted by Crippen LogP contribution is -2.64. The summed E-state index contributed by atoms with van der Waals surface area (Å²) in [6.07, 6.45) is 27.4. The van der Waals surface area contributed by atoms with Crippen LogP contribution in [0.2, 0.25) is 0 Å². The van der Waals surface area contributed by atoms with Gasteiger partial charge in [0.25, 0.3) is 0 Å². The molecule has 0 saturated heterocycles. The maximum atomic E-state index is 12.8. The molecule has 0 bridgehead atoms. The van der Waals surface area contributed by atoms with E-state index in [9.17, 15) is 39.8 Å². The maximum Gasteiger partial charge on any atom is 0.472 e. The van der Waals surface area contributed by atoms with Gasteiger partial charge in [0, 0.05) is 13.0 Å². The van der Waals surface area contributed by atoms with E-state index < -0.39 is 63.1 Å². The molecule has 12 nitrogen and oxygen atoms in total. The summed E-state index contributed by atoms with van der Waals surface area (Å²) < 4.78 is 34.2. The predicted molar refractivity (Wildman–Crippen MR) is 235 cm³/mol. The number of unbranched alkanes of at least 4 members (excludes halogenated alkanes) is 30. The van der Waals surface area contributed by atoms with Crippen molar-refractivity contribution < 1.29 is 58.3 Å². The first-order chi connectivity index (χ1) is 28.5. The highest BCUT2D eigenvalue weighted by Crippen LogP contribution is 2.47. The number of esters is 1. The number of phosphoric acid groups is 1. The Morgan fingerprint density at radius 2 is 0.797 bits per heavy atom. The third-order valence-electron chi connectivity index (χ3n) is 11.7. The molecule has 0 amide bonds. The van der Waals surface area contributed by atoms with E-state index in [2.05, 4.69) is 13.8 Å². The SMILES string of the molecule is CCCCCCCCCCCCCCCCCCCCC(=O)OC(COCCCCCCCCCCCCCCCC)COP(=O)(O)OC1C(O)C(O)C(O)C(O)C1O. The minimum Gasteiger partial charge on any atom is -0.457 e. The Hall–Kier alpha value is -0.660. The van der Waals surface area contributed by atoms with E-state index in [1.54, 1.807) is 0 Å². The topological polar surface area (TPSA) is 192 Å². The molecule has 0 aromatic rings. The van der Waals surface area contributed by atoms with Gasteiger partial charge >= 0.3 is 13.8 Å². The highest BCUT2D eigenvalue weighted by atomic mass is 31.2. The van der Waals surface area contributed by atoms with Crippen molar-refractivity contribution in [2.24, 2.45) is 0 Å². The summed E-state index contributed by atoms with van der Waals surface area (Å²) in [5.74, 6) is -0.470. The van der Waals surface area contributed by atoms with Gasteiger partial charge in [0.1, 0.15) is 42.7 Å². The molecule has 352 valence electrons. The molecule has 0 radical (unpaired) electrons. The van der Waals surface area contributed by atoms with Crippen LogP contribution in [0.1, 0.15) is 226 Å². The number of aliphatic hydroxyl groups excluding tert-OH is 5. The Bertz CT molecular complexity index is 989. The van der Waals surface area contributed by atoms with Gasteiger partial charge in [-0.15, -0.1) is 0 Å². The second kappa shape index (κ2) is 37.9. The molecule has 0 aromatic heterocycles. The van der Waals surface area contributed by atoms with Gasteiger partial charge in [-0.05, 0) is 12.8 Å². The smallest absolute Gasteiger partial charge is 0.457 e.